The first kappa shape index (κ1) is 16.4. The highest BCUT2D eigenvalue weighted by atomic mass is 79.9. The molecule has 0 spiro atoms. The predicted octanol–water partition coefficient (Wildman–Crippen LogP) is 1.06. The summed E-state index contributed by atoms with van der Waals surface area (Å²) < 4.78 is 7.70. The lowest BCUT2D eigenvalue weighted by Crippen LogP contribution is -2.38. The van der Waals surface area contributed by atoms with E-state index in [1.165, 1.54) is 7.11 Å². The second kappa shape index (κ2) is 6.60. The van der Waals surface area contributed by atoms with Crippen LogP contribution in [0, 0.1) is 0 Å². The molecule has 3 rings (SSSR count). The molecule has 1 aromatic carbocycles. The number of benzene rings is 1. The number of likely N-dealkylation sites (N-methyl/N-ethyl adjacent to an activating group) is 1. The number of nitrogens with one attached hydrogen (secondary N) is 1. The maximum Gasteiger partial charge on any atom is 0.291 e. The molecule has 0 saturated heterocycles. The number of hydrogen-bond donors (Lipinski definition) is 1. The molecular formula is C15H16BrN5O3. The van der Waals surface area contributed by atoms with Crippen molar-refractivity contribution in [1.82, 2.24) is 25.0 Å². The van der Waals surface area contributed by atoms with Gasteiger partial charge in [0.25, 0.3) is 11.8 Å². The third kappa shape index (κ3) is 2.86. The average molecular weight is 394 g/mol. The highest BCUT2D eigenvalue weighted by molar-refractivity contribution is 9.10. The summed E-state index contributed by atoms with van der Waals surface area (Å²) in [5.41, 5.74) is 0.418. The molecule has 1 aliphatic heterocycles. The summed E-state index contributed by atoms with van der Waals surface area (Å²) in [4.78, 5) is 26.0. The third-order valence-corrected chi connectivity index (χ3v) is 4.47. The van der Waals surface area contributed by atoms with E-state index in [0.29, 0.717) is 40.5 Å². The second-order valence-electron chi connectivity index (χ2n) is 5.32. The number of halogens is 1. The van der Waals surface area contributed by atoms with Gasteiger partial charge >= 0.3 is 0 Å². The van der Waals surface area contributed by atoms with Crippen molar-refractivity contribution < 1.29 is 14.3 Å². The molecule has 1 aliphatic rings. The maximum absolute atomic E-state index is 12.4. The Morgan fingerprint density at radius 1 is 1.38 bits per heavy atom. The fraction of sp³-hybridized carbons (Fsp3) is 0.333. The zero-order chi connectivity index (χ0) is 17.3. The Morgan fingerprint density at radius 2 is 2.17 bits per heavy atom. The van der Waals surface area contributed by atoms with Gasteiger partial charge in [0, 0.05) is 20.1 Å². The first-order valence-corrected chi connectivity index (χ1v) is 8.10. The highest BCUT2D eigenvalue weighted by Gasteiger charge is 2.26. The summed E-state index contributed by atoms with van der Waals surface area (Å²) in [6.07, 6.45) is 0. The molecule has 0 saturated carbocycles. The van der Waals surface area contributed by atoms with Gasteiger partial charge in [-0.25, -0.2) is 0 Å². The van der Waals surface area contributed by atoms with Crippen LogP contribution in [0.5, 0.6) is 5.75 Å². The quantitative estimate of drug-likeness (QED) is 0.838. The number of carbonyl (C=O) groups excluding carboxylic acids is 2. The van der Waals surface area contributed by atoms with Crippen LogP contribution in [0.2, 0.25) is 0 Å². The van der Waals surface area contributed by atoms with Crippen LogP contribution in [-0.4, -0.2) is 52.2 Å². The summed E-state index contributed by atoms with van der Waals surface area (Å²) in [6.45, 7) is 1.37. The topological polar surface area (TPSA) is 89.3 Å². The van der Waals surface area contributed by atoms with Crippen molar-refractivity contribution in [2.75, 3.05) is 20.7 Å². The van der Waals surface area contributed by atoms with Gasteiger partial charge < -0.3 is 19.5 Å². The van der Waals surface area contributed by atoms with Gasteiger partial charge in [-0.15, -0.1) is 10.2 Å². The van der Waals surface area contributed by atoms with E-state index in [9.17, 15) is 9.59 Å². The van der Waals surface area contributed by atoms with E-state index in [1.807, 2.05) is 0 Å². The first-order valence-electron chi connectivity index (χ1n) is 7.31. The van der Waals surface area contributed by atoms with E-state index in [2.05, 4.69) is 31.4 Å². The lowest BCUT2D eigenvalue weighted by atomic mass is 10.2. The molecule has 0 aliphatic carbocycles. The number of para-hydroxylation sites is 1. The summed E-state index contributed by atoms with van der Waals surface area (Å²) in [6, 6.07) is 5.23. The Kier molecular flexibility index (Phi) is 4.52. The Bertz CT molecular complexity index is 804. The van der Waals surface area contributed by atoms with E-state index >= 15 is 0 Å². The van der Waals surface area contributed by atoms with Gasteiger partial charge in [-0.3, -0.25) is 9.59 Å². The summed E-state index contributed by atoms with van der Waals surface area (Å²) in [7, 11) is 3.23. The van der Waals surface area contributed by atoms with Crippen LogP contribution in [0.4, 0.5) is 0 Å². The minimum Gasteiger partial charge on any atom is -0.495 e. The molecule has 24 heavy (non-hydrogen) atoms. The number of hydrogen-bond acceptors (Lipinski definition) is 5. The van der Waals surface area contributed by atoms with Gasteiger partial charge in [-0.1, -0.05) is 6.07 Å². The predicted molar refractivity (Wildman–Crippen MR) is 88.8 cm³/mol. The third-order valence-electron chi connectivity index (χ3n) is 3.85. The number of fused-ring (bicyclic) bond motifs is 1. The molecular weight excluding hydrogens is 378 g/mol. The van der Waals surface area contributed by atoms with Crippen LogP contribution >= 0.6 is 15.9 Å². The number of rotatable bonds is 4. The van der Waals surface area contributed by atoms with Crippen LogP contribution in [0.3, 0.4) is 0 Å². The van der Waals surface area contributed by atoms with Crippen LogP contribution in [-0.2, 0) is 13.1 Å². The smallest absolute Gasteiger partial charge is 0.291 e. The SMILES string of the molecule is COc1c(Br)cccc1C(=O)NCc1nnc2n1CCN(C)C2=O. The Morgan fingerprint density at radius 3 is 2.92 bits per heavy atom. The number of nitrogens with zero attached hydrogens (tertiary/aromatic N) is 4. The van der Waals surface area contributed by atoms with E-state index in [4.69, 9.17) is 4.74 Å². The van der Waals surface area contributed by atoms with Crippen molar-refractivity contribution in [3.8, 4) is 5.75 Å². The molecule has 2 aromatic rings. The number of ether oxygens (including phenoxy) is 1. The standard InChI is InChI=1S/C15H16BrN5O3/c1-20-6-7-21-11(18-19-13(21)15(20)23)8-17-14(22)9-4-3-5-10(16)12(9)24-2/h3-5H,6-8H2,1-2H3,(H,17,22). The largest absolute Gasteiger partial charge is 0.495 e. The van der Waals surface area contributed by atoms with Gasteiger partial charge in [-0.2, -0.15) is 0 Å². The van der Waals surface area contributed by atoms with Crippen molar-refractivity contribution in [2.24, 2.45) is 0 Å². The van der Waals surface area contributed by atoms with Gasteiger partial charge in [-0.05, 0) is 28.1 Å². The molecule has 0 unspecified atom stereocenters. The number of carbonyl (C=O) groups is 2. The van der Waals surface area contributed by atoms with Gasteiger partial charge in [0.15, 0.2) is 5.82 Å². The van der Waals surface area contributed by atoms with Crippen molar-refractivity contribution >= 4 is 27.7 Å². The average Bonchev–Trinajstić information content (AvgIpc) is 2.99. The summed E-state index contributed by atoms with van der Waals surface area (Å²) in [5, 5.41) is 10.7. The minimum atomic E-state index is -0.287. The molecule has 0 fully saturated rings. The first-order chi connectivity index (χ1) is 11.5. The Hall–Kier alpha value is -2.42. The molecule has 2 amide bonds. The molecule has 9 heteroatoms. The van der Waals surface area contributed by atoms with E-state index in [0.717, 1.165) is 0 Å². The van der Waals surface area contributed by atoms with Crippen LogP contribution in [0.25, 0.3) is 0 Å². The molecule has 2 heterocycles. The van der Waals surface area contributed by atoms with Gasteiger partial charge in [0.1, 0.15) is 5.75 Å². The molecule has 1 N–H and O–H groups in total. The molecule has 1 aromatic heterocycles. The zero-order valence-corrected chi connectivity index (χ0v) is 14.8. The summed E-state index contributed by atoms with van der Waals surface area (Å²) in [5.74, 6) is 0.863. The highest BCUT2D eigenvalue weighted by Crippen LogP contribution is 2.28. The fourth-order valence-electron chi connectivity index (χ4n) is 2.53. The number of methoxy groups -OCH3 is 1. The lowest BCUT2D eigenvalue weighted by molar-refractivity contribution is 0.0740. The van der Waals surface area contributed by atoms with Gasteiger partial charge in [0.2, 0.25) is 5.82 Å². The Balaban J connectivity index is 1.76. The second-order valence-corrected chi connectivity index (χ2v) is 6.18. The summed E-state index contributed by atoms with van der Waals surface area (Å²) >= 11 is 3.35. The van der Waals surface area contributed by atoms with Crippen LogP contribution in [0.1, 0.15) is 26.8 Å². The molecule has 0 bridgehead atoms. The molecule has 0 atom stereocenters. The number of amides is 2. The molecule has 8 nitrogen and oxygen atoms in total. The van der Waals surface area contributed by atoms with Crippen LogP contribution in [0.15, 0.2) is 22.7 Å². The van der Waals surface area contributed by atoms with Crippen molar-refractivity contribution in [2.45, 2.75) is 13.1 Å². The van der Waals surface area contributed by atoms with E-state index in [-0.39, 0.29) is 18.4 Å². The van der Waals surface area contributed by atoms with E-state index in [1.54, 1.807) is 34.7 Å². The van der Waals surface area contributed by atoms with E-state index < -0.39 is 0 Å². The lowest BCUT2D eigenvalue weighted by Gasteiger charge is -2.23. The molecule has 126 valence electrons. The van der Waals surface area contributed by atoms with Crippen molar-refractivity contribution in [3.63, 3.8) is 0 Å². The van der Waals surface area contributed by atoms with Gasteiger partial charge in [0.05, 0.1) is 23.7 Å². The van der Waals surface area contributed by atoms with Crippen molar-refractivity contribution in [3.05, 3.63) is 39.9 Å². The van der Waals surface area contributed by atoms with Crippen LogP contribution < -0.4 is 10.1 Å². The Labute approximate surface area is 146 Å². The monoisotopic (exact) mass is 393 g/mol. The maximum atomic E-state index is 12.4. The zero-order valence-electron chi connectivity index (χ0n) is 13.2. The number of aromatic nitrogens is 3. The minimum absolute atomic E-state index is 0.167. The fourth-order valence-corrected chi connectivity index (χ4v) is 3.06. The normalized spacial score (nSPS) is 13.6. The molecule has 0 radical (unpaired) electrons. The van der Waals surface area contributed by atoms with Crippen molar-refractivity contribution in [1.29, 1.82) is 0 Å².